The fraction of sp³-hybridized carbons (Fsp3) is 0.133. The summed E-state index contributed by atoms with van der Waals surface area (Å²) in [6.45, 7) is 0. The topological polar surface area (TPSA) is 94.3 Å². The van der Waals surface area contributed by atoms with Crippen molar-refractivity contribution in [1.82, 2.24) is 19.9 Å². The molecule has 2 N–H and O–H groups in total. The zero-order valence-electron chi connectivity index (χ0n) is 21.9. The molecule has 8 nitrogen and oxygen atoms in total. The molecule has 0 spiro atoms. The normalized spacial score (nSPS) is 11.5. The maximum Gasteiger partial charge on any atom is 0.208 e. The number of benzene rings is 1. The number of aromatic nitrogens is 4. The molecule has 5 heterocycles. The van der Waals surface area contributed by atoms with Crippen molar-refractivity contribution in [3.8, 4) is 23.0 Å². The molecule has 3 aromatic heterocycles. The van der Waals surface area contributed by atoms with Crippen LogP contribution in [0, 0.1) is 0 Å². The number of ether oxygens (including phenoxy) is 4. The first-order valence-electron chi connectivity index (χ1n) is 12.1. The predicted octanol–water partition coefficient (Wildman–Crippen LogP) is 7.03. The third-order valence-corrected chi connectivity index (χ3v) is 6.27. The smallest absolute Gasteiger partial charge is 0.208 e. The number of rotatable bonds is 4. The summed E-state index contributed by atoms with van der Waals surface area (Å²) in [6.07, 6.45) is 8.09. The predicted molar refractivity (Wildman–Crippen MR) is 157 cm³/mol. The average Bonchev–Trinajstić information content (AvgIpc) is 3.74. The summed E-state index contributed by atoms with van der Waals surface area (Å²) in [5, 5.41) is 0.409. The van der Waals surface area contributed by atoms with Crippen molar-refractivity contribution in [2.45, 2.75) is 0 Å². The fourth-order valence-electron chi connectivity index (χ4n) is 4.23. The minimum Gasteiger partial charge on any atom is -0.493 e. The first-order valence-corrected chi connectivity index (χ1v) is 12.4. The maximum atomic E-state index is 5.98. The lowest BCUT2D eigenvalue weighted by Crippen LogP contribution is -1.98. The summed E-state index contributed by atoms with van der Waals surface area (Å²) >= 11 is 5.98. The van der Waals surface area contributed by atoms with Gasteiger partial charge in [0, 0.05) is 28.1 Å². The van der Waals surface area contributed by atoms with Gasteiger partial charge in [0.25, 0.3) is 0 Å². The monoisotopic (exact) mass is 542 g/mol. The summed E-state index contributed by atoms with van der Waals surface area (Å²) in [5.74, 6) is 1.81. The molecular formula is C30H27ClN4O4. The molecule has 4 aromatic rings. The van der Waals surface area contributed by atoms with Crippen molar-refractivity contribution in [3.05, 3.63) is 82.4 Å². The molecule has 2 aliphatic rings. The Morgan fingerprint density at radius 1 is 0.513 bits per heavy atom. The van der Waals surface area contributed by atoms with E-state index in [9.17, 15) is 0 Å². The van der Waals surface area contributed by atoms with E-state index in [1.54, 1.807) is 6.07 Å². The van der Waals surface area contributed by atoms with Crippen LogP contribution >= 0.6 is 11.6 Å². The highest BCUT2D eigenvalue weighted by Gasteiger charge is 2.20. The lowest BCUT2D eigenvalue weighted by Gasteiger charge is -2.15. The molecular weight excluding hydrogens is 516 g/mol. The Kier molecular flexibility index (Phi) is 7.56. The second-order valence-electron chi connectivity index (χ2n) is 8.57. The number of H-pyrrole nitrogens is 2. The Morgan fingerprint density at radius 3 is 1.23 bits per heavy atom. The number of methoxy groups -OCH3 is 4. The van der Waals surface area contributed by atoms with Gasteiger partial charge in [-0.2, -0.15) is 0 Å². The lowest BCUT2D eigenvalue weighted by molar-refractivity contribution is 0.306. The van der Waals surface area contributed by atoms with Gasteiger partial charge in [0.05, 0.1) is 56.2 Å². The molecule has 9 heteroatoms. The first-order chi connectivity index (χ1) is 19.0. The van der Waals surface area contributed by atoms with Gasteiger partial charge in [-0.15, -0.1) is 0 Å². The van der Waals surface area contributed by atoms with Crippen LogP contribution in [0.1, 0.15) is 22.8 Å². The third kappa shape index (κ3) is 5.76. The van der Waals surface area contributed by atoms with E-state index in [1.165, 1.54) is 28.4 Å². The largest absolute Gasteiger partial charge is 0.493 e. The lowest BCUT2D eigenvalue weighted by atomic mass is 10.2. The van der Waals surface area contributed by atoms with Gasteiger partial charge in [-0.05, 0) is 72.8 Å². The van der Waals surface area contributed by atoms with Gasteiger partial charge in [0.15, 0.2) is 11.5 Å². The van der Waals surface area contributed by atoms with Crippen LogP contribution in [0.15, 0.2) is 54.6 Å². The van der Waals surface area contributed by atoms with Crippen LogP contribution in [0.25, 0.3) is 46.4 Å². The summed E-state index contributed by atoms with van der Waals surface area (Å²) < 4.78 is 20.6. The van der Waals surface area contributed by atoms with E-state index in [-0.39, 0.29) is 0 Å². The van der Waals surface area contributed by atoms with Gasteiger partial charge in [-0.25, -0.2) is 9.97 Å². The van der Waals surface area contributed by atoms with E-state index in [1.807, 2.05) is 48.6 Å². The summed E-state index contributed by atoms with van der Waals surface area (Å²) in [6, 6.07) is 18.0. The highest BCUT2D eigenvalue weighted by atomic mass is 35.5. The number of fused-ring (bicyclic) bond motifs is 8. The molecule has 6 rings (SSSR count). The molecule has 198 valence electrons. The van der Waals surface area contributed by atoms with Gasteiger partial charge in [0.2, 0.25) is 11.5 Å². The quantitative estimate of drug-likeness (QED) is 0.248. The molecule has 0 atom stereocenters. The van der Waals surface area contributed by atoms with Crippen LogP contribution in [-0.2, 0) is 0 Å². The van der Waals surface area contributed by atoms with E-state index >= 15 is 0 Å². The Hall–Kier alpha value is -4.69. The van der Waals surface area contributed by atoms with Gasteiger partial charge in [-0.1, -0.05) is 11.6 Å². The molecule has 0 radical (unpaired) electrons. The summed E-state index contributed by atoms with van der Waals surface area (Å²) in [5.41, 5.74) is 7.86. The van der Waals surface area contributed by atoms with Crippen LogP contribution in [0.3, 0.4) is 0 Å². The standard InChI is InChI=1S/C20H14N4.C10H13ClO4/c1-2-14-10-16-5-6-18(23-16)12-20-8-7-19(24-20)11-17-4-3-15(22-17)9-13(1)21-14;1-12-7-5-6(11)8(13-2)10(15-4)9(7)14-3/h1-12,21,24H;5H,1-4H3. The molecule has 8 bridgehead atoms. The van der Waals surface area contributed by atoms with Gasteiger partial charge in [-0.3, -0.25) is 0 Å². The third-order valence-electron chi connectivity index (χ3n) is 5.99. The van der Waals surface area contributed by atoms with Crippen molar-refractivity contribution in [3.63, 3.8) is 0 Å². The molecule has 2 aliphatic heterocycles. The van der Waals surface area contributed by atoms with Crippen molar-refractivity contribution in [1.29, 1.82) is 0 Å². The van der Waals surface area contributed by atoms with Crippen molar-refractivity contribution in [2.75, 3.05) is 28.4 Å². The van der Waals surface area contributed by atoms with Crippen LogP contribution in [-0.4, -0.2) is 48.4 Å². The Bertz CT molecular complexity index is 1560. The molecule has 39 heavy (non-hydrogen) atoms. The molecule has 0 saturated carbocycles. The minimum atomic E-state index is 0.409. The molecule has 0 unspecified atom stereocenters. The average molecular weight is 543 g/mol. The van der Waals surface area contributed by atoms with Crippen molar-refractivity contribution in [2.24, 2.45) is 0 Å². The van der Waals surface area contributed by atoms with Gasteiger partial charge in [0.1, 0.15) is 0 Å². The Balaban J connectivity index is 0.000000179. The number of nitrogens with zero attached hydrogens (tertiary/aromatic N) is 2. The number of aromatic amines is 2. The highest BCUT2D eigenvalue weighted by Crippen LogP contribution is 2.48. The second kappa shape index (κ2) is 11.4. The second-order valence-corrected chi connectivity index (χ2v) is 8.97. The number of hydrogen-bond acceptors (Lipinski definition) is 6. The van der Waals surface area contributed by atoms with Crippen molar-refractivity contribution >= 4 is 58.0 Å². The van der Waals surface area contributed by atoms with E-state index in [0.29, 0.717) is 28.0 Å². The Morgan fingerprint density at radius 2 is 0.897 bits per heavy atom. The molecule has 1 aromatic carbocycles. The van der Waals surface area contributed by atoms with E-state index < -0.39 is 0 Å². The Labute approximate surface area is 230 Å². The van der Waals surface area contributed by atoms with E-state index in [0.717, 1.165) is 44.8 Å². The first kappa shape index (κ1) is 25.9. The van der Waals surface area contributed by atoms with Crippen molar-refractivity contribution < 1.29 is 18.9 Å². The van der Waals surface area contributed by atoms with Gasteiger partial charge < -0.3 is 28.9 Å². The molecule has 0 amide bonds. The highest BCUT2D eigenvalue weighted by molar-refractivity contribution is 6.32. The fourth-order valence-corrected chi connectivity index (χ4v) is 4.50. The summed E-state index contributed by atoms with van der Waals surface area (Å²) in [4.78, 5) is 16.0. The maximum absolute atomic E-state index is 5.98. The number of nitrogens with one attached hydrogen (secondary N) is 2. The van der Waals surface area contributed by atoms with Crippen LogP contribution < -0.4 is 18.9 Å². The van der Waals surface area contributed by atoms with Gasteiger partial charge >= 0.3 is 0 Å². The van der Waals surface area contributed by atoms with Crippen LogP contribution in [0.2, 0.25) is 5.02 Å². The molecule has 0 fully saturated rings. The van der Waals surface area contributed by atoms with E-state index in [4.69, 9.17) is 30.5 Å². The minimum absolute atomic E-state index is 0.409. The SMILES string of the molecule is C1=Cc2cc3ccc(cc4nc(cc5ccc(cc1n2)[nH]5)C=C4)[nH]3.COc1cc(Cl)c(OC)c(OC)c1OC. The van der Waals surface area contributed by atoms with E-state index in [2.05, 4.69) is 44.2 Å². The number of hydrogen-bond donors (Lipinski definition) is 2. The van der Waals surface area contributed by atoms with Crippen LogP contribution in [0.4, 0.5) is 0 Å². The van der Waals surface area contributed by atoms with Crippen LogP contribution in [0.5, 0.6) is 23.0 Å². The molecule has 0 aliphatic carbocycles. The number of halogens is 1. The molecule has 0 saturated heterocycles. The zero-order chi connectivity index (χ0) is 27.4. The summed E-state index contributed by atoms with van der Waals surface area (Å²) in [7, 11) is 6.07. The zero-order valence-corrected chi connectivity index (χ0v) is 22.7.